The average molecular weight is 358 g/mol. The maximum absolute atomic E-state index is 12.5. The number of hydrogen-bond acceptors (Lipinski definition) is 4. The van der Waals surface area contributed by atoms with Gasteiger partial charge in [-0.2, -0.15) is 5.10 Å². The number of amides is 1. The lowest BCUT2D eigenvalue weighted by Crippen LogP contribution is -2.31. The van der Waals surface area contributed by atoms with E-state index in [0.717, 1.165) is 4.68 Å². The second-order valence-electron chi connectivity index (χ2n) is 5.19. The largest absolute Gasteiger partial charge is 0.476 e. The van der Waals surface area contributed by atoms with Gasteiger partial charge in [0.25, 0.3) is 5.56 Å². The van der Waals surface area contributed by atoms with Crippen molar-refractivity contribution in [3.05, 3.63) is 69.6 Å². The molecule has 1 heterocycles. The number of benzene rings is 2. The zero-order valence-corrected chi connectivity index (χ0v) is 13.5. The minimum atomic E-state index is -1.28. The lowest BCUT2D eigenvalue weighted by molar-refractivity contribution is -0.117. The Morgan fingerprint density at radius 2 is 1.72 bits per heavy atom. The van der Waals surface area contributed by atoms with Crippen molar-refractivity contribution in [1.29, 1.82) is 0 Å². The van der Waals surface area contributed by atoms with E-state index >= 15 is 0 Å². The van der Waals surface area contributed by atoms with Crippen LogP contribution in [0.5, 0.6) is 0 Å². The van der Waals surface area contributed by atoms with Gasteiger partial charge >= 0.3 is 5.97 Å². The van der Waals surface area contributed by atoms with Crippen LogP contribution >= 0.6 is 11.6 Å². The van der Waals surface area contributed by atoms with Gasteiger partial charge in [-0.1, -0.05) is 41.9 Å². The maximum atomic E-state index is 12.5. The number of nitrogens with zero attached hydrogens (tertiary/aromatic N) is 2. The molecular formula is C17H12ClN3O4. The third kappa shape index (κ3) is 3.36. The Bertz CT molecular complexity index is 1050. The summed E-state index contributed by atoms with van der Waals surface area (Å²) in [5.74, 6) is -1.83. The van der Waals surface area contributed by atoms with E-state index < -0.39 is 24.0 Å². The summed E-state index contributed by atoms with van der Waals surface area (Å²) in [6, 6.07) is 12.9. The lowest BCUT2D eigenvalue weighted by atomic mass is 10.1. The van der Waals surface area contributed by atoms with Gasteiger partial charge in [-0.25, -0.2) is 9.48 Å². The van der Waals surface area contributed by atoms with Crippen LogP contribution in [-0.2, 0) is 11.3 Å². The van der Waals surface area contributed by atoms with Crippen molar-refractivity contribution in [2.45, 2.75) is 6.54 Å². The van der Waals surface area contributed by atoms with Crippen LogP contribution in [0, 0.1) is 0 Å². The molecule has 0 saturated heterocycles. The van der Waals surface area contributed by atoms with Crippen LogP contribution in [0.25, 0.3) is 10.8 Å². The Kier molecular flexibility index (Phi) is 4.49. The smallest absolute Gasteiger partial charge is 0.357 e. The second kappa shape index (κ2) is 6.74. The van der Waals surface area contributed by atoms with E-state index in [9.17, 15) is 19.5 Å². The van der Waals surface area contributed by atoms with Crippen LogP contribution in [0.4, 0.5) is 5.69 Å². The highest BCUT2D eigenvalue weighted by molar-refractivity contribution is 6.33. The SMILES string of the molecule is O=C(Cn1nc(C(=O)O)c2ccccc2c1=O)Nc1ccccc1Cl. The number of anilines is 1. The van der Waals surface area contributed by atoms with E-state index in [1.165, 1.54) is 12.1 Å². The molecule has 0 aliphatic heterocycles. The van der Waals surface area contributed by atoms with Gasteiger partial charge in [0.05, 0.1) is 16.1 Å². The van der Waals surface area contributed by atoms with Crippen LogP contribution in [0.1, 0.15) is 10.5 Å². The molecule has 2 N–H and O–H groups in total. The molecule has 1 amide bonds. The minimum absolute atomic E-state index is 0.181. The van der Waals surface area contributed by atoms with Crippen molar-refractivity contribution in [1.82, 2.24) is 9.78 Å². The van der Waals surface area contributed by atoms with Crippen LogP contribution in [-0.4, -0.2) is 26.8 Å². The number of rotatable bonds is 4. The molecule has 0 spiro atoms. The molecule has 0 bridgehead atoms. The van der Waals surface area contributed by atoms with E-state index in [4.69, 9.17) is 11.6 Å². The number of hydrogen-bond donors (Lipinski definition) is 2. The minimum Gasteiger partial charge on any atom is -0.476 e. The van der Waals surface area contributed by atoms with Crippen molar-refractivity contribution < 1.29 is 14.7 Å². The molecular weight excluding hydrogens is 346 g/mol. The number of carbonyl (C=O) groups excluding carboxylic acids is 1. The normalized spacial score (nSPS) is 10.6. The Labute approximate surface area is 146 Å². The van der Waals surface area contributed by atoms with E-state index in [1.807, 2.05) is 0 Å². The Balaban J connectivity index is 1.97. The molecule has 0 atom stereocenters. The highest BCUT2D eigenvalue weighted by atomic mass is 35.5. The molecule has 1 aromatic heterocycles. The summed E-state index contributed by atoms with van der Waals surface area (Å²) in [5, 5.41) is 16.4. The first kappa shape index (κ1) is 16.7. The quantitative estimate of drug-likeness (QED) is 0.746. The van der Waals surface area contributed by atoms with Gasteiger partial charge in [0, 0.05) is 5.39 Å². The van der Waals surface area contributed by atoms with Crippen LogP contribution in [0.2, 0.25) is 5.02 Å². The Morgan fingerprint density at radius 1 is 1.08 bits per heavy atom. The number of aromatic nitrogens is 2. The van der Waals surface area contributed by atoms with Crippen LogP contribution in [0.15, 0.2) is 53.3 Å². The monoisotopic (exact) mass is 357 g/mol. The summed E-state index contributed by atoms with van der Waals surface area (Å²) in [5.41, 5.74) is -0.447. The number of para-hydroxylation sites is 1. The van der Waals surface area contributed by atoms with Gasteiger partial charge < -0.3 is 10.4 Å². The van der Waals surface area contributed by atoms with Gasteiger partial charge in [-0.3, -0.25) is 9.59 Å². The number of nitrogens with one attached hydrogen (secondary N) is 1. The topological polar surface area (TPSA) is 101 Å². The predicted octanol–water partition coefficient (Wildman–Crippen LogP) is 2.39. The second-order valence-corrected chi connectivity index (χ2v) is 5.60. The molecule has 0 saturated carbocycles. The summed E-state index contributed by atoms with van der Waals surface area (Å²) in [6.45, 7) is -0.435. The molecule has 0 radical (unpaired) electrons. The van der Waals surface area contributed by atoms with Gasteiger partial charge in [-0.05, 0) is 18.2 Å². The number of aromatic carboxylic acids is 1. The fourth-order valence-electron chi connectivity index (χ4n) is 2.39. The van der Waals surface area contributed by atoms with Crippen molar-refractivity contribution in [3.8, 4) is 0 Å². The maximum Gasteiger partial charge on any atom is 0.357 e. The molecule has 0 unspecified atom stereocenters. The molecule has 0 aliphatic rings. The van der Waals surface area contributed by atoms with E-state index in [1.54, 1.807) is 36.4 Å². The average Bonchev–Trinajstić information content (AvgIpc) is 2.59. The van der Waals surface area contributed by atoms with E-state index in [-0.39, 0.29) is 16.5 Å². The van der Waals surface area contributed by atoms with E-state index in [2.05, 4.69) is 10.4 Å². The molecule has 7 nitrogen and oxygen atoms in total. The molecule has 126 valence electrons. The van der Waals surface area contributed by atoms with Crippen molar-refractivity contribution in [3.63, 3.8) is 0 Å². The zero-order valence-electron chi connectivity index (χ0n) is 12.8. The number of carbonyl (C=O) groups is 2. The number of halogens is 1. The summed E-state index contributed by atoms with van der Waals surface area (Å²) in [6.07, 6.45) is 0. The van der Waals surface area contributed by atoms with Gasteiger partial charge in [0.1, 0.15) is 6.54 Å². The molecule has 0 aliphatic carbocycles. The third-order valence-corrected chi connectivity index (χ3v) is 3.84. The molecule has 3 aromatic rings. The summed E-state index contributed by atoms with van der Waals surface area (Å²) >= 11 is 5.97. The first-order valence-corrected chi connectivity index (χ1v) is 7.62. The van der Waals surface area contributed by atoms with Crippen molar-refractivity contribution in [2.24, 2.45) is 0 Å². The van der Waals surface area contributed by atoms with Gasteiger partial charge in [0.2, 0.25) is 5.91 Å². The number of fused-ring (bicyclic) bond motifs is 1. The number of carboxylic acid groups (broad SMARTS) is 1. The van der Waals surface area contributed by atoms with Gasteiger partial charge in [0.15, 0.2) is 5.69 Å². The first-order valence-electron chi connectivity index (χ1n) is 7.25. The van der Waals surface area contributed by atoms with Crippen molar-refractivity contribution in [2.75, 3.05) is 5.32 Å². The van der Waals surface area contributed by atoms with Crippen molar-refractivity contribution >= 4 is 39.9 Å². The fourth-order valence-corrected chi connectivity index (χ4v) is 2.57. The highest BCUT2D eigenvalue weighted by Crippen LogP contribution is 2.20. The first-order chi connectivity index (χ1) is 12.0. The fraction of sp³-hybridized carbons (Fsp3) is 0.0588. The number of carboxylic acids is 1. The molecule has 8 heteroatoms. The summed E-state index contributed by atoms with van der Waals surface area (Å²) < 4.78 is 0.831. The molecule has 2 aromatic carbocycles. The van der Waals surface area contributed by atoms with Crippen LogP contribution < -0.4 is 10.9 Å². The summed E-state index contributed by atoms with van der Waals surface area (Å²) in [7, 11) is 0. The standard InChI is InChI=1S/C17H12ClN3O4/c18-12-7-3-4-8-13(12)19-14(22)9-21-16(23)11-6-2-1-5-10(11)15(20-21)17(24)25/h1-8H,9H2,(H,19,22)(H,24,25). The van der Waals surface area contributed by atoms with Crippen LogP contribution in [0.3, 0.4) is 0 Å². The van der Waals surface area contributed by atoms with E-state index in [0.29, 0.717) is 10.7 Å². The summed E-state index contributed by atoms with van der Waals surface area (Å²) in [4.78, 5) is 36.1. The van der Waals surface area contributed by atoms with Gasteiger partial charge in [-0.15, -0.1) is 0 Å². The predicted molar refractivity (Wildman–Crippen MR) is 93.0 cm³/mol. The Hall–Kier alpha value is -3.19. The third-order valence-electron chi connectivity index (χ3n) is 3.51. The molecule has 3 rings (SSSR count). The Morgan fingerprint density at radius 3 is 2.40 bits per heavy atom. The molecule has 25 heavy (non-hydrogen) atoms. The molecule has 0 fully saturated rings. The highest BCUT2D eigenvalue weighted by Gasteiger charge is 2.17. The zero-order chi connectivity index (χ0) is 18.0. The lowest BCUT2D eigenvalue weighted by Gasteiger charge is -2.10.